The number of carbonyl (C=O) groups is 1. The third-order valence-electron chi connectivity index (χ3n) is 4.83. The van der Waals surface area contributed by atoms with Crippen LogP contribution < -0.4 is 14.4 Å². The zero-order chi connectivity index (χ0) is 24.9. The summed E-state index contributed by atoms with van der Waals surface area (Å²) in [5.74, 6) is -0.183. The Labute approximate surface area is 196 Å². The van der Waals surface area contributed by atoms with E-state index in [2.05, 4.69) is 5.32 Å². The first-order chi connectivity index (χ1) is 16.0. The van der Waals surface area contributed by atoms with E-state index in [1.807, 2.05) is 13.8 Å². The fourth-order valence-electron chi connectivity index (χ4n) is 3.10. The summed E-state index contributed by atoms with van der Waals surface area (Å²) < 4.78 is 71.4. The molecule has 0 fully saturated rings. The molecule has 0 saturated carbocycles. The third kappa shape index (κ3) is 6.07. The molecule has 1 amide bonds. The highest BCUT2D eigenvalue weighted by molar-refractivity contribution is 7.92. The summed E-state index contributed by atoms with van der Waals surface area (Å²) in [4.78, 5) is 12.7. The van der Waals surface area contributed by atoms with Crippen LogP contribution in [0.4, 0.5) is 24.5 Å². The normalized spacial score (nSPS) is 11.7. The van der Waals surface area contributed by atoms with Gasteiger partial charge < -0.3 is 10.1 Å². The Morgan fingerprint density at radius 3 is 2.06 bits per heavy atom. The molecule has 0 aliphatic carbocycles. The maximum atomic E-state index is 13.4. The van der Waals surface area contributed by atoms with E-state index in [1.54, 1.807) is 24.3 Å². The van der Waals surface area contributed by atoms with Crippen LogP contribution in [0.5, 0.6) is 5.75 Å². The summed E-state index contributed by atoms with van der Waals surface area (Å²) in [6.45, 7) is 3.47. The van der Waals surface area contributed by atoms with Crippen molar-refractivity contribution in [2.75, 3.05) is 22.8 Å². The summed E-state index contributed by atoms with van der Waals surface area (Å²) in [7, 11) is -4.13. The van der Waals surface area contributed by atoms with Crippen molar-refractivity contribution in [1.82, 2.24) is 0 Å². The van der Waals surface area contributed by atoms with E-state index in [0.717, 1.165) is 34.1 Å². The molecule has 0 aliphatic heterocycles. The van der Waals surface area contributed by atoms with Crippen molar-refractivity contribution in [3.8, 4) is 5.75 Å². The van der Waals surface area contributed by atoms with Crippen molar-refractivity contribution in [2.45, 2.75) is 24.9 Å². The van der Waals surface area contributed by atoms with Crippen LogP contribution in [0.15, 0.2) is 77.7 Å². The molecule has 6 nitrogen and oxygen atoms in total. The minimum absolute atomic E-state index is 0.00526. The molecule has 0 aromatic heterocycles. The number of alkyl halides is 3. The number of anilines is 2. The minimum Gasteiger partial charge on any atom is -0.494 e. The highest BCUT2D eigenvalue weighted by atomic mass is 32.2. The summed E-state index contributed by atoms with van der Waals surface area (Å²) in [6, 6.07) is 16.3. The molecule has 0 heterocycles. The average molecular weight is 493 g/mol. The topological polar surface area (TPSA) is 75.7 Å². The monoisotopic (exact) mass is 492 g/mol. The number of rotatable bonds is 8. The predicted octanol–water partition coefficient (Wildman–Crippen LogP) is 5.25. The van der Waals surface area contributed by atoms with Crippen molar-refractivity contribution >= 4 is 27.3 Å². The van der Waals surface area contributed by atoms with Crippen LogP contribution >= 0.6 is 0 Å². The number of nitrogens with one attached hydrogen (secondary N) is 1. The van der Waals surface area contributed by atoms with E-state index in [-0.39, 0.29) is 16.3 Å². The molecule has 0 bridgehead atoms. The summed E-state index contributed by atoms with van der Waals surface area (Å²) >= 11 is 0. The Kier molecular flexibility index (Phi) is 7.51. The quantitative estimate of drug-likeness (QED) is 0.466. The Balaban J connectivity index is 1.88. The smallest absolute Gasteiger partial charge is 0.416 e. The molecule has 3 rings (SSSR count). The van der Waals surface area contributed by atoms with Crippen LogP contribution in [-0.4, -0.2) is 27.5 Å². The SMILES string of the molecule is CCOc1ccc(N(CC(=O)Nc2ccc(C(F)(F)F)cc2)S(=O)(=O)c2ccc(C)cc2)cc1. The molecule has 3 aromatic carbocycles. The molecule has 0 atom stereocenters. The molecule has 180 valence electrons. The predicted molar refractivity (Wildman–Crippen MR) is 123 cm³/mol. The van der Waals surface area contributed by atoms with Gasteiger partial charge in [-0.25, -0.2) is 8.42 Å². The summed E-state index contributed by atoms with van der Waals surface area (Å²) in [5.41, 5.74) is 0.346. The van der Waals surface area contributed by atoms with Crippen LogP contribution in [0, 0.1) is 6.92 Å². The Bertz CT molecular complexity index is 1230. The molecule has 0 aliphatic rings. The van der Waals surface area contributed by atoms with E-state index in [0.29, 0.717) is 12.4 Å². The van der Waals surface area contributed by atoms with Gasteiger partial charge in [0.05, 0.1) is 22.8 Å². The van der Waals surface area contributed by atoms with Gasteiger partial charge in [-0.05, 0) is 74.5 Å². The zero-order valence-corrected chi connectivity index (χ0v) is 19.3. The molecular formula is C24H23F3N2O4S. The minimum atomic E-state index is -4.50. The van der Waals surface area contributed by atoms with Gasteiger partial charge in [-0.2, -0.15) is 13.2 Å². The summed E-state index contributed by atoms with van der Waals surface area (Å²) in [5, 5.41) is 2.45. The molecule has 0 unspecified atom stereocenters. The van der Waals surface area contributed by atoms with Gasteiger partial charge >= 0.3 is 6.18 Å². The van der Waals surface area contributed by atoms with Gasteiger partial charge in [0, 0.05) is 5.69 Å². The van der Waals surface area contributed by atoms with E-state index < -0.39 is 34.2 Å². The Morgan fingerprint density at radius 2 is 1.53 bits per heavy atom. The lowest BCUT2D eigenvalue weighted by atomic mass is 10.2. The van der Waals surface area contributed by atoms with Crippen molar-refractivity contribution in [2.24, 2.45) is 0 Å². The molecule has 10 heteroatoms. The highest BCUT2D eigenvalue weighted by Gasteiger charge is 2.30. The van der Waals surface area contributed by atoms with Crippen molar-refractivity contribution < 1.29 is 31.1 Å². The summed E-state index contributed by atoms with van der Waals surface area (Å²) in [6.07, 6.45) is -4.50. The Hall–Kier alpha value is -3.53. The van der Waals surface area contributed by atoms with Gasteiger partial charge in [-0.3, -0.25) is 9.10 Å². The molecule has 1 N–H and O–H groups in total. The van der Waals surface area contributed by atoms with Gasteiger partial charge in [0.2, 0.25) is 5.91 Å². The van der Waals surface area contributed by atoms with Gasteiger partial charge in [-0.1, -0.05) is 17.7 Å². The van der Waals surface area contributed by atoms with Crippen LogP contribution in [0.3, 0.4) is 0 Å². The largest absolute Gasteiger partial charge is 0.494 e. The van der Waals surface area contributed by atoms with Crippen LogP contribution in [0.2, 0.25) is 0 Å². The number of ether oxygens (including phenoxy) is 1. The lowest BCUT2D eigenvalue weighted by Crippen LogP contribution is -2.38. The lowest BCUT2D eigenvalue weighted by molar-refractivity contribution is -0.137. The molecule has 0 saturated heterocycles. The van der Waals surface area contributed by atoms with E-state index in [4.69, 9.17) is 4.74 Å². The highest BCUT2D eigenvalue weighted by Crippen LogP contribution is 2.30. The number of nitrogens with zero attached hydrogens (tertiary/aromatic N) is 1. The van der Waals surface area contributed by atoms with Gasteiger partial charge in [-0.15, -0.1) is 0 Å². The van der Waals surface area contributed by atoms with Crippen molar-refractivity contribution in [3.05, 3.63) is 83.9 Å². The first-order valence-electron chi connectivity index (χ1n) is 10.3. The second kappa shape index (κ2) is 10.2. The zero-order valence-electron chi connectivity index (χ0n) is 18.5. The van der Waals surface area contributed by atoms with Gasteiger partial charge in [0.15, 0.2) is 0 Å². The van der Waals surface area contributed by atoms with E-state index in [1.165, 1.54) is 24.3 Å². The van der Waals surface area contributed by atoms with Gasteiger partial charge in [0.1, 0.15) is 12.3 Å². The second-order valence-corrected chi connectivity index (χ2v) is 9.24. The standard InChI is InChI=1S/C24H23F3N2O4S/c1-3-33-21-12-10-20(11-13-21)29(34(31,32)22-14-4-17(2)5-15-22)16-23(30)28-19-8-6-18(7-9-19)24(25,26)27/h4-15H,3,16H2,1-2H3,(H,28,30). The fourth-order valence-corrected chi connectivity index (χ4v) is 4.52. The number of aryl methyl sites for hydroxylation is 1. The first kappa shape index (κ1) is 25.1. The molecule has 0 spiro atoms. The van der Waals surface area contributed by atoms with Crippen molar-refractivity contribution in [3.63, 3.8) is 0 Å². The number of halogens is 3. The molecule has 0 radical (unpaired) electrons. The number of hydrogen-bond donors (Lipinski definition) is 1. The van der Waals surface area contributed by atoms with Crippen LogP contribution in [-0.2, 0) is 21.0 Å². The average Bonchev–Trinajstić information content (AvgIpc) is 2.78. The fraction of sp³-hybridized carbons (Fsp3) is 0.208. The van der Waals surface area contributed by atoms with E-state index >= 15 is 0 Å². The first-order valence-corrected chi connectivity index (χ1v) is 11.7. The number of carbonyl (C=O) groups excluding carboxylic acids is 1. The maximum absolute atomic E-state index is 13.4. The number of amides is 1. The lowest BCUT2D eigenvalue weighted by Gasteiger charge is -2.24. The van der Waals surface area contributed by atoms with Gasteiger partial charge in [0.25, 0.3) is 10.0 Å². The molecular weight excluding hydrogens is 469 g/mol. The molecule has 3 aromatic rings. The van der Waals surface area contributed by atoms with Crippen LogP contribution in [0.25, 0.3) is 0 Å². The Morgan fingerprint density at radius 1 is 0.941 bits per heavy atom. The maximum Gasteiger partial charge on any atom is 0.416 e. The van der Waals surface area contributed by atoms with E-state index in [9.17, 15) is 26.4 Å². The second-order valence-electron chi connectivity index (χ2n) is 7.37. The number of hydrogen-bond acceptors (Lipinski definition) is 4. The third-order valence-corrected chi connectivity index (χ3v) is 6.62. The number of benzene rings is 3. The molecule has 34 heavy (non-hydrogen) atoms. The number of sulfonamides is 1. The van der Waals surface area contributed by atoms with Crippen LogP contribution in [0.1, 0.15) is 18.1 Å². The van der Waals surface area contributed by atoms with Crippen molar-refractivity contribution in [1.29, 1.82) is 0 Å².